The molecule has 0 fully saturated rings. The summed E-state index contributed by atoms with van der Waals surface area (Å²) in [4.78, 5) is 31.2. The maximum absolute atomic E-state index is 13.4. The smallest absolute Gasteiger partial charge is 0.242 e. The first-order valence-corrected chi connectivity index (χ1v) is 10.7. The first kappa shape index (κ1) is 19.8. The average molecular weight is 439 g/mol. The van der Waals surface area contributed by atoms with Gasteiger partial charge in [0.05, 0.1) is 28.6 Å². The van der Waals surface area contributed by atoms with Crippen LogP contribution in [-0.4, -0.2) is 33.4 Å². The van der Waals surface area contributed by atoms with E-state index in [4.69, 9.17) is 4.74 Å². The summed E-state index contributed by atoms with van der Waals surface area (Å²) < 4.78 is 7.63. The van der Waals surface area contributed by atoms with Gasteiger partial charge in [0.1, 0.15) is 11.4 Å². The van der Waals surface area contributed by atoms with Crippen molar-refractivity contribution in [1.82, 2.24) is 14.8 Å². The first-order valence-electron chi connectivity index (χ1n) is 9.88. The number of carbonyl (C=O) groups excluding carboxylic acids is 2. The summed E-state index contributed by atoms with van der Waals surface area (Å²) in [6.45, 7) is 0. The maximum Gasteiger partial charge on any atom is 0.242 e. The third kappa shape index (κ3) is 3.59. The van der Waals surface area contributed by atoms with Gasteiger partial charge in [0.15, 0.2) is 10.8 Å². The normalized spacial score (nSPS) is 10.9. The number of ketones is 2. The van der Waals surface area contributed by atoms with Crippen LogP contribution in [0.4, 0.5) is 0 Å². The molecule has 0 saturated heterocycles. The molecule has 3 aromatic carbocycles. The lowest BCUT2D eigenvalue weighted by molar-refractivity contribution is 0.100. The van der Waals surface area contributed by atoms with Gasteiger partial charge in [0, 0.05) is 11.8 Å². The number of hydrogen-bond acceptors (Lipinski definition) is 6. The monoisotopic (exact) mass is 439 g/mol. The van der Waals surface area contributed by atoms with Gasteiger partial charge in [-0.15, -0.1) is 11.3 Å². The molecule has 0 unspecified atom stereocenters. The lowest BCUT2D eigenvalue weighted by atomic mass is 10.0. The van der Waals surface area contributed by atoms with Crippen LogP contribution in [-0.2, 0) is 0 Å². The molecule has 0 amide bonds. The van der Waals surface area contributed by atoms with Gasteiger partial charge in [-0.2, -0.15) is 5.10 Å². The quantitative estimate of drug-likeness (QED) is 0.350. The Bertz CT molecular complexity index is 1400. The van der Waals surface area contributed by atoms with E-state index >= 15 is 0 Å². The number of ether oxygens (including phenoxy) is 1. The van der Waals surface area contributed by atoms with Gasteiger partial charge in [-0.1, -0.05) is 30.3 Å². The molecule has 0 atom stereocenters. The van der Waals surface area contributed by atoms with Crippen molar-refractivity contribution < 1.29 is 14.3 Å². The Balaban J connectivity index is 1.61. The van der Waals surface area contributed by atoms with Crippen molar-refractivity contribution in [1.29, 1.82) is 0 Å². The van der Waals surface area contributed by atoms with Crippen molar-refractivity contribution in [2.45, 2.75) is 0 Å². The van der Waals surface area contributed by atoms with Crippen LogP contribution in [0.25, 0.3) is 15.9 Å². The summed E-state index contributed by atoms with van der Waals surface area (Å²) in [7, 11) is 1.56. The van der Waals surface area contributed by atoms with Crippen LogP contribution in [0, 0.1) is 0 Å². The van der Waals surface area contributed by atoms with Gasteiger partial charge in [-0.25, -0.2) is 9.67 Å². The molecule has 5 rings (SSSR count). The van der Waals surface area contributed by atoms with Crippen LogP contribution < -0.4 is 4.74 Å². The number of fused-ring (bicyclic) bond motifs is 1. The number of benzene rings is 3. The molecule has 0 saturated carbocycles. The Hall–Kier alpha value is -4.10. The van der Waals surface area contributed by atoms with E-state index in [1.807, 2.05) is 54.6 Å². The lowest BCUT2D eigenvalue weighted by Gasteiger charge is -2.03. The fourth-order valence-corrected chi connectivity index (χ4v) is 4.30. The Kier molecular flexibility index (Phi) is 5.09. The molecule has 0 spiro atoms. The van der Waals surface area contributed by atoms with Crippen LogP contribution in [0.3, 0.4) is 0 Å². The SMILES string of the molecule is COc1ccc(C(=O)c2cn(-c3ccccc3)nc2C(=O)c2nc3ccccc3s2)cc1. The number of hydrogen-bond donors (Lipinski definition) is 0. The number of para-hydroxylation sites is 2. The molecule has 7 heteroatoms. The molecule has 0 aliphatic rings. The average Bonchev–Trinajstić information content (AvgIpc) is 3.49. The summed E-state index contributed by atoms with van der Waals surface area (Å²) in [6, 6.07) is 23.7. The van der Waals surface area contributed by atoms with Crippen LogP contribution in [0.5, 0.6) is 5.75 Å². The first-order chi connectivity index (χ1) is 15.6. The zero-order valence-electron chi connectivity index (χ0n) is 17.1. The van der Waals surface area contributed by atoms with Crippen molar-refractivity contribution >= 4 is 33.1 Å². The van der Waals surface area contributed by atoms with Crippen molar-refractivity contribution in [3.63, 3.8) is 0 Å². The molecule has 5 aromatic rings. The van der Waals surface area contributed by atoms with Crippen molar-refractivity contribution in [3.8, 4) is 11.4 Å². The number of thiazole rings is 1. The predicted molar refractivity (Wildman–Crippen MR) is 123 cm³/mol. The van der Waals surface area contributed by atoms with E-state index in [-0.39, 0.29) is 22.8 Å². The zero-order valence-corrected chi connectivity index (χ0v) is 17.9. The van der Waals surface area contributed by atoms with Crippen LogP contribution in [0.2, 0.25) is 0 Å². The van der Waals surface area contributed by atoms with Gasteiger partial charge in [0.25, 0.3) is 0 Å². The van der Waals surface area contributed by atoms with E-state index in [9.17, 15) is 9.59 Å². The van der Waals surface area contributed by atoms with Crippen molar-refractivity contribution in [2.24, 2.45) is 0 Å². The highest BCUT2D eigenvalue weighted by molar-refractivity contribution is 7.20. The van der Waals surface area contributed by atoms with Crippen LogP contribution in [0.15, 0.2) is 85.1 Å². The van der Waals surface area contributed by atoms with Gasteiger partial charge in [-0.3, -0.25) is 9.59 Å². The van der Waals surface area contributed by atoms with E-state index in [1.165, 1.54) is 11.3 Å². The fourth-order valence-electron chi connectivity index (χ4n) is 3.39. The largest absolute Gasteiger partial charge is 0.497 e. The van der Waals surface area contributed by atoms with E-state index < -0.39 is 0 Å². The van der Waals surface area contributed by atoms with Crippen LogP contribution >= 0.6 is 11.3 Å². The second kappa shape index (κ2) is 8.20. The fraction of sp³-hybridized carbons (Fsp3) is 0.0400. The van der Waals surface area contributed by atoms with Gasteiger partial charge in [-0.05, 0) is 48.5 Å². The molecule has 0 aliphatic carbocycles. The third-order valence-corrected chi connectivity index (χ3v) is 6.07. The Labute approximate surface area is 187 Å². The second-order valence-electron chi connectivity index (χ2n) is 7.04. The molecular weight excluding hydrogens is 422 g/mol. The molecule has 32 heavy (non-hydrogen) atoms. The highest BCUT2D eigenvalue weighted by atomic mass is 32.1. The molecule has 2 heterocycles. The van der Waals surface area contributed by atoms with Gasteiger partial charge in [0.2, 0.25) is 5.78 Å². The summed E-state index contributed by atoms with van der Waals surface area (Å²) in [5, 5.41) is 4.79. The molecule has 0 N–H and O–H groups in total. The Morgan fingerprint density at radius 3 is 2.31 bits per heavy atom. The van der Waals surface area contributed by atoms with E-state index in [2.05, 4.69) is 10.1 Å². The van der Waals surface area contributed by atoms with E-state index in [1.54, 1.807) is 42.3 Å². The number of methoxy groups -OCH3 is 1. The molecule has 0 aliphatic heterocycles. The zero-order chi connectivity index (χ0) is 22.1. The van der Waals surface area contributed by atoms with E-state index in [0.717, 1.165) is 15.9 Å². The van der Waals surface area contributed by atoms with Crippen molar-refractivity contribution in [2.75, 3.05) is 7.11 Å². The maximum atomic E-state index is 13.4. The molecule has 0 bridgehead atoms. The summed E-state index contributed by atoms with van der Waals surface area (Å²) in [6.07, 6.45) is 1.60. The van der Waals surface area contributed by atoms with Crippen molar-refractivity contribution in [3.05, 3.63) is 107 Å². The minimum atomic E-state index is -0.377. The number of aromatic nitrogens is 3. The Morgan fingerprint density at radius 2 is 1.59 bits per heavy atom. The summed E-state index contributed by atoms with van der Waals surface area (Å²) in [5.74, 6) is -0.0238. The lowest BCUT2D eigenvalue weighted by Crippen LogP contribution is -2.10. The molecule has 2 aromatic heterocycles. The summed E-state index contributed by atoms with van der Waals surface area (Å²) >= 11 is 1.29. The minimum absolute atomic E-state index is 0.0775. The third-order valence-electron chi connectivity index (χ3n) is 5.04. The standard InChI is InChI=1S/C25H17N3O3S/c1-31-18-13-11-16(12-14-18)23(29)19-15-28(17-7-3-2-4-8-17)27-22(19)24(30)25-26-20-9-5-6-10-21(20)32-25/h2-15H,1H3. The highest BCUT2D eigenvalue weighted by Gasteiger charge is 2.26. The van der Waals surface area contributed by atoms with Gasteiger partial charge < -0.3 is 4.74 Å². The van der Waals surface area contributed by atoms with Crippen LogP contribution in [0.1, 0.15) is 31.4 Å². The molecular formula is C25H17N3O3S. The predicted octanol–water partition coefficient (Wildman–Crippen LogP) is 4.95. The number of nitrogens with zero attached hydrogens (tertiary/aromatic N) is 3. The molecule has 6 nitrogen and oxygen atoms in total. The molecule has 0 radical (unpaired) electrons. The van der Waals surface area contributed by atoms with E-state index in [0.29, 0.717) is 16.3 Å². The summed E-state index contributed by atoms with van der Waals surface area (Å²) in [5.41, 5.74) is 2.24. The topological polar surface area (TPSA) is 74.1 Å². The van der Waals surface area contributed by atoms with Gasteiger partial charge >= 0.3 is 0 Å². The highest BCUT2D eigenvalue weighted by Crippen LogP contribution is 2.26. The Morgan fingerprint density at radius 1 is 0.875 bits per heavy atom. The number of rotatable bonds is 6. The minimum Gasteiger partial charge on any atom is -0.497 e. The molecule has 156 valence electrons. The second-order valence-corrected chi connectivity index (χ2v) is 8.08. The number of carbonyl (C=O) groups is 2.